The van der Waals surface area contributed by atoms with E-state index in [9.17, 15) is 4.79 Å². The van der Waals surface area contributed by atoms with Crippen molar-refractivity contribution in [3.63, 3.8) is 0 Å². The zero-order valence-corrected chi connectivity index (χ0v) is 12.0. The Bertz CT molecular complexity index is 377. The van der Waals surface area contributed by atoms with Gasteiger partial charge in [0.05, 0.1) is 12.1 Å². The molecule has 18 heavy (non-hydrogen) atoms. The maximum absolute atomic E-state index is 12.4. The molecule has 3 nitrogen and oxygen atoms in total. The van der Waals surface area contributed by atoms with E-state index in [1.807, 2.05) is 0 Å². The van der Waals surface area contributed by atoms with Crippen LogP contribution in [0.5, 0.6) is 0 Å². The number of amides is 1. The summed E-state index contributed by atoms with van der Waals surface area (Å²) in [7, 11) is 0. The first-order valence-electron chi connectivity index (χ1n) is 6.85. The minimum Gasteiger partial charge on any atom is -0.333 e. The summed E-state index contributed by atoms with van der Waals surface area (Å²) in [4.78, 5) is 15.7. The van der Waals surface area contributed by atoms with E-state index in [4.69, 9.17) is 0 Å². The number of likely N-dealkylation sites (tertiary alicyclic amines) is 1. The maximum atomic E-state index is 12.4. The van der Waals surface area contributed by atoms with Gasteiger partial charge in [0.1, 0.15) is 0 Å². The van der Waals surface area contributed by atoms with Crippen LogP contribution in [0, 0.1) is 0 Å². The fourth-order valence-corrected chi connectivity index (χ4v) is 3.50. The number of nitrogens with one attached hydrogen (secondary N) is 1. The third-order valence-electron chi connectivity index (χ3n) is 3.52. The zero-order chi connectivity index (χ0) is 13.0. The Hall–Kier alpha value is -0.870. The second-order valence-electron chi connectivity index (χ2n) is 4.77. The Morgan fingerprint density at radius 2 is 2.39 bits per heavy atom. The number of thiophene rings is 1. The second-order valence-corrected chi connectivity index (χ2v) is 5.75. The summed E-state index contributed by atoms with van der Waals surface area (Å²) in [6, 6.07) is 4.51. The van der Waals surface area contributed by atoms with Crippen molar-refractivity contribution in [1.82, 2.24) is 10.2 Å². The largest absolute Gasteiger partial charge is 0.333 e. The van der Waals surface area contributed by atoms with Gasteiger partial charge < -0.3 is 10.2 Å². The van der Waals surface area contributed by atoms with E-state index in [1.165, 1.54) is 4.88 Å². The standard InChI is InChI=1S/C14H22N2OS/c1-3-8-15-11-7-9-16(14(11)17)12(4-2)13-6-5-10-18-13/h5-6,10-12,15H,3-4,7-9H2,1-2H3. The van der Waals surface area contributed by atoms with Gasteiger partial charge in [0.2, 0.25) is 5.91 Å². The smallest absolute Gasteiger partial charge is 0.240 e. The molecular formula is C14H22N2OS. The normalized spacial score (nSPS) is 21.6. The lowest BCUT2D eigenvalue weighted by atomic mass is 10.1. The van der Waals surface area contributed by atoms with E-state index in [2.05, 4.69) is 41.6 Å². The van der Waals surface area contributed by atoms with Crippen molar-refractivity contribution in [2.75, 3.05) is 13.1 Å². The molecule has 0 bridgehead atoms. The van der Waals surface area contributed by atoms with Crippen LogP contribution in [0.2, 0.25) is 0 Å². The van der Waals surface area contributed by atoms with Crippen molar-refractivity contribution in [3.05, 3.63) is 22.4 Å². The molecular weight excluding hydrogens is 244 g/mol. The first-order chi connectivity index (χ1) is 8.77. The molecule has 0 radical (unpaired) electrons. The average molecular weight is 266 g/mol. The van der Waals surface area contributed by atoms with E-state index < -0.39 is 0 Å². The summed E-state index contributed by atoms with van der Waals surface area (Å²) in [6.45, 7) is 6.10. The quantitative estimate of drug-likeness (QED) is 0.858. The molecule has 2 atom stereocenters. The fraction of sp³-hybridized carbons (Fsp3) is 0.643. The molecule has 0 aromatic carbocycles. The van der Waals surface area contributed by atoms with Crippen LogP contribution < -0.4 is 5.32 Å². The monoisotopic (exact) mass is 266 g/mol. The number of hydrogen-bond acceptors (Lipinski definition) is 3. The summed E-state index contributed by atoms with van der Waals surface area (Å²) in [6.07, 6.45) is 3.01. The molecule has 1 amide bonds. The highest BCUT2D eigenvalue weighted by Gasteiger charge is 2.35. The Labute approximate surface area is 113 Å². The summed E-state index contributed by atoms with van der Waals surface area (Å²) >= 11 is 1.75. The van der Waals surface area contributed by atoms with Crippen LogP contribution in [0.3, 0.4) is 0 Å². The van der Waals surface area contributed by atoms with E-state index >= 15 is 0 Å². The van der Waals surface area contributed by atoms with Gasteiger partial charge in [-0.3, -0.25) is 4.79 Å². The molecule has 0 spiro atoms. The molecule has 1 aromatic rings. The lowest BCUT2D eigenvalue weighted by Gasteiger charge is -2.26. The number of carbonyl (C=O) groups is 1. The molecule has 2 unspecified atom stereocenters. The van der Waals surface area contributed by atoms with E-state index in [1.54, 1.807) is 11.3 Å². The van der Waals surface area contributed by atoms with Gasteiger partial charge >= 0.3 is 0 Å². The number of nitrogens with zero attached hydrogens (tertiary/aromatic N) is 1. The molecule has 1 N–H and O–H groups in total. The van der Waals surface area contributed by atoms with Gasteiger partial charge in [0.25, 0.3) is 0 Å². The second kappa shape index (κ2) is 6.34. The van der Waals surface area contributed by atoms with Crippen molar-refractivity contribution in [1.29, 1.82) is 0 Å². The molecule has 100 valence electrons. The fourth-order valence-electron chi connectivity index (χ4n) is 2.58. The highest BCUT2D eigenvalue weighted by molar-refractivity contribution is 7.10. The first kappa shape index (κ1) is 13.6. The third kappa shape index (κ3) is 2.75. The molecule has 2 rings (SSSR count). The van der Waals surface area contributed by atoms with Crippen molar-refractivity contribution in [2.45, 2.75) is 45.2 Å². The summed E-state index contributed by atoms with van der Waals surface area (Å²) < 4.78 is 0. The van der Waals surface area contributed by atoms with Crippen LogP contribution in [-0.4, -0.2) is 29.9 Å². The van der Waals surface area contributed by atoms with Gasteiger partial charge in [-0.15, -0.1) is 11.3 Å². The van der Waals surface area contributed by atoms with Crippen molar-refractivity contribution < 1.29 is 4.79 Å². The number of rotatable bonds is 6. The lowest BCUT2D eigenvalue weighted by Crippen LogP contribution is -2.39. The number of carbonyl (C=O) groups excluding carboxylic acids is 1. The van der Waals surface area contributed by atoms with Crippen molar-refractivity contribution in [3.8, 4) is 0 Å². The average Bonchev–Trinajstić information content (AvgIpc) is 3.01. The summed E-state index contributed by atoms with van der Waals surface area (Å²) in [5.41, 5.74) is 0. The summed E-state index contributed by atoms with van der Waals surface area (Å²) in [5, 5.41) is 5.44. The van der Waals surface area contributed by atoms with Gasteiger partial charge in [-0.05, 0) is 37.3 Å². The molecule has 4 heteroatoms. The SMILES string of the molecule is CCCNC1CCN(C(CC)c2cccs2)C1=O. The van der Waals surface area contributed by atoms with Gasteiger partial charge in [-0.1, -0.05) is 19.9 Å². The molecule has 1 aliphatic heterocycles. The number of hydrogen-bond donors (Lipinski definition) is 1. The molecule has 1 aromatic heterocycles. The zero-order valence-electron chi connectivity index (χ0n) is 11.2. The predicted molar refractivity (Wildman–Crippen MR) is 75.8 cm³/mol. The highest BCUT2D eigenvalue weighted by atomic mass is 32.1. The molecule has 2 heterocycles. The van der Waals surface area contributed by atoms with Crippen LogP contribution in [0.25, 0.3) is 0 Å². The molecule has 1 fully saturated rings. The summed E-state index contributed by atoms with van der Waals surface area (Å²) in [5.74, 6) is 0.281. The van der Waals surface area contributed by atoms with Gasteiger partial charge in [-0.25, -0.2) is 0 Å². The minimum atomic E-state index is 0.0407. The molecule has 0 aliphatic carbocycles. The van der Waals surface area contributed by atoms with Gasteiger partial charge in [0, 0.05) is 11.4 Å². The Kier molecular flexibility index (Phi) is 4.78. The van der Waals surface area contributed by atoms with Crippen molar-refractivity contribution >= 4 is 17.2 Å². The molecule has 1 saturated heterocycles. The van der Waals surface area contributed by atoms with E-state index in [0.29, 0.717) is 0 Å². The van der Waals surface area contributed by atoms with Crippen molar-refractivity contribution in [2.24, 2.45) is 0 Å². The Morgan fingerprint density at radius 3 is 3.00 bits per heavy atom. The van der Waals surface area contributed by atoms with E-state index in [-0.39, 0.29) is 18.0 Å². The van der Waals surface area contributed by atoms with Crippen LogP contribution >= 0.6 is 11.3 Å². The maximum Gasteiger partial charge on any atom is 0.240 e. The Morgan fingerprint density at radius 1 is 1.56 bits per heavy atom. The topological polar surface area (TPSA) is 32.3 Å². The van der Waals surface area contributed by atoms with Gasteiger partial charge in [0.15, 0.2) is 0 Å². The van der Waals surface area contributed by atoms with Crippen LogP contribution in [0.15, 0.2) is 17.5 Å². The minimum absolute atomic E-state index is 0.0407. The Balaban J connectivity index is 2.03. The van der Waals surface area contributed by atoms with Crippen LogP contribution in [0.4, 0.5) is 0 Å². The van der Waals surface area contributed by atoms with Gasteiger partial charge in [-0.2, -0.15) is 0 Å². The predicted octanol–water partition coefficient (Wildman–Crippen LogP) is 2.80. The molecule has 0 saturated carbocycles. The lowest BCUT2D eigenvalue weighted by molar-refractivity contribution is -0.131. The first-order valence-corrected chi connectivity index (χ1v) is 7.73. The highest BCUT2D eigenvalue weighted by Crippen LogP contribution is 2.31. The third-order valence-corrected chi connectivity index (χ3v) is 4.49. The van der Waals surface area contributed by atoms with E-state index in [0.717, 1.165) is 32.4 Å². The van der Waals surface area contributed by atoms with Crippen LogP contribution in [-0.2, 0) is 4.79 Å². The van der Waals surface area contributed by atoms with Crippen LogP contribution in [0.1, 0.15) is 44.0 Å². The molecule has 1 aliphatic rings.